The number of piperidine rings is 1. The van der Waals surface area contributed by atoms with Gasteiger partial charge in [0.1, 0.15) is 11.5 Å². The normalized spacial score (nSPS) is 13.3. The van der Waals surface area contributed by atoms with E-state index in [-0.39, 0.29) is 11.9 Å². The number of benzene rings is 3. The second-order valence-corrected chi connectivity index (χ2v) is 9.94. The number of fused-ring (bicyclic) bond motifs is 1. The van der Waals surface area contributed by atoms with Gasteiger partial charge in [0, 0.05) is 59.4 Å². The van der Waals surface area contributed by atoms with E-state index in [1.807, 2.05) is 30.3 Å². The van der Waals surface area contributed by atoms with Gasteiger partial charge in [-0.3, -0.25) is 9.78 Å². The Morgan fingerprint density at radius 3 is 2.29 bits per heavy atom. The number of primary amides is 1. The molecular formula is C32H33N5O5. The summed E-state index contributed by atoms with van der Waals surface area (Å²) in [5.41, 5.74) is 8.87. The molecule has 2 heterocycles. The van der Waals surface area contributed by atoms with Crippen molar-refractivity contribution in [2.45, 2.75) is 12.8 Å². The molecule has 0 aliphatic carbocycles. The van der Waals surface area contributed by atoms with Crippen LogP contribution in [0.2, 0.25) is 0 Å². The van der Waals surface area contributed by atoms with Crippen molar-refractivity contribution in [1.82, 2.24) is 4.98 Å². The average molecular weight is 568 g/mol. The molecule has 5 rings (SSSR count). The van der Waals surface area contributed by atoms with Crippen molar-refractivity contribution >= 4 is 39.9 Å². The van der Waals surface area contributed by atoms with Crippen molar-refractivity contribution in [3.05, 3.63) is 85.1 Å². The topological polar surface area (TPSA) is 128 Å². The van der Waals surface area contributed by atoms with E-state index in [4.69, 9.17) is 19.9 Å². The van der Waals surface area contributed by atoms with E-state index in [1.165, 1.54) is 0 Å². The molecular weight excluding hydrogens is 534 g/mol. The number of anilines is 3. The Morgan fingerprint density at radius 1 is 0.905 bits per heavy atom. The number of urea groups is 1. The third-order valence-corrected chi connectivity index (χ3v) is 7.32. The molecule has 0 atom stereocenters. The van der Waals surface area contributed by atoms with Crippen LogP contribution in [0, 0.1) is 5.92 Å². The summed E-state index contributed by atoms with van der Waals surface area (Å²) in [6.07, 6.45) is 3.31. The van der Waals surface area contributed by atoms with Crippen molar-refractivity contribution in [2.75, 3.05) is 42.8 Å². The number of ether oxygens (including phenoxy) is 3. The zero-order chi connectivity index (χ0) is 29.6. The molecule has 216 valence electrons. The molecule has 3 aromatic carbocycles. The maximum Gasteiger partial charge on any atom is 0.323 e. The smallest absolute Gasteiger partial charge is 0.323 e. The van der Waals surface area contributed by atoms with Gasteiger partial charge in [0.05, 0.1) is 19.7 Å². The van der Waals surface area contributed by atoms with Crippen LogP contribution in [0.25, 0.3) is 10.9 Å². The molecule has 4 aromatic rings. The van der Waals surface area contributed by atoms with Crippen LogP contribution in [-0.4, -0.2) is 44.2 Å². The third-order valence-electron chi connectivity index (χ3n) is 7.32. The predicted octanol–water partition coefficient (Wildman–Crippen LogP) is 5.95. The van der Waals surface area contributed by atoms with Crippen LogP contribution in [0.1, 0.15) is 12.8 Å². The summed E-state index contributed by atoms with van der Waals surface area (Å²) in [6.45, 7) is 5.44. The first-order valence-electron chi connectivity index (χ1n) is 13.5. The van der Waals surface area contributed by atoms with Gasteiger partial charge in [-0.15, -0.1) is 0 Å². The first-order valence-corrected chi connectivity index (χ1v) is 13.5. The lowest BCUT2D eigenvalue weighted by atomic mass is 9.89. The number of nitrogens with zero attached hydrogens (tertiary/aromatic N) is 2. The summed E-state index contributed by atoms with van der Waals surface area (Å²) in [6, 6.07) is 19.8. The molecule has 1 aromatic heterocycles. The molecule has 1 aliphatic heterocycles. The number of amides is 3. The zero-order valence-corrected chi connectivity index (χ0v) is 23.6. The molecule has 1 fully saturated rings. The minimum absolute atomic E-state index is 0.129. The standard InChI is InChI=1S/C32H33N5O5/c1-20(31(33)38)21-12-15-37(16-13-21)24-9-7-22(8-10-24)35-32(39)36-23-5-4-6-25(17-23)42-28-11-14-34-27-19-30(41-3)29(40-2)18-26(27)28/h4-11,14,17-19,21H,1,12-13,15-16H2,2-3H3,(H2,33,38)(H2,35,36,39). The van der Waals surface area contributed by atoms with Crippen molar-refractivity contribution in [1.29, 1.82) is 0 Å². The number of methoxy groups -OCH3 is 2. The van der Waals surface area contributed by atoms with Crippen LogP contribution < -0.4 is 35.5 Å². The summed E-state index contributed by atoms with van der Waals surface area (Å²) in [7, 11) is 3.15. The zero-order valence-electron chi connectivity index (χ0n) is 23.6. The molecule has 42 heavy (non-hydrogen) atoms. The summed E-state index contributed by atoms with van der Waals surface area (Å²) >= 11 is 0. The number of aromatic nitrogens is 1. The molecule has 1 aliphatic rings. The quantitative estimate of drug-likeness (QED) is 0.213. The Hall–Kier alpha value is -5.25. The molecule has 0 saturated carbocycles. The largest absolute Gasteiger partial charge is 0.493 e. The van der Waals surface area contributed by atoms with Gasteiger partial charge < -0.3 is 35.5 Å². The Kier molecular flexibility index (Phi) is 8.42. The maximum absolute atomic E-state index is 12.7. The number of carbonyl (C=O) groups is 2. The molecule has 3 amide bonds. The van der Waals surface area contributed by atoms with Crippen LogP contribution in [0.5, 0.6) is 23.0 Å². The molecule has 10 nitrogen and oxygen atoms in total. The fraction of sp³-hybridized carbons (Fsp3) is 0.219. The van der Waals surface area contributed by atoms with Gasteiger partial charge in [-0.2, -0.15) is 0 Å². The highest BCUT2D eigenvalue weighted by molar-refractivity contribution is 6.00. The van der Waals surface area contributed by atoms with Crippen LogP contribution in [0.3, 0.4) is 0 Å². The lowest BCUT2D eigenvalue weighted by Crippen LogP contribution is -2.36. The number of pyridine rings is 1. The Bertz CT molecular complexity index is 1610. The van der Waals surface area contributed by atoms with Gasteiger partial charge in [-0.25, -0.2) is 4.79 Å². The summed E-state index contributed by atoms with van der Waals surface area (Å²) in [4.78, 5) is 30.8. The van der Waals surface area contributed by atoms with E-state index in [9.17, 15) is 9.59 Å². The molecule has 0 radical (unpaired) electrons. The summed E-state index contributed by atoms with van der Waals surface area (Å²) in [5, 5.41) is 6.48. The van der Waals surface area contributed by atoms with Crippen LogP contribution in [0.4, 0.5) is 21.9 Å². The highest BCUT2D eigenvalue weighted by Gasteiger charge is 2.24. The second-order valence-electron chi connectivity index (χ2n) is 9.94. The first-order chi connectivity index (χ1) is 20.3. The van der Waals surface area contributed by atoms with E-state index in [0.717, 1.165) is 37.0 Å². The van der Waals surface area contributed by atoms with Gasteiger partial charge in [0.15, 0.2) is 11.5 Å². The van der Waals surface area contributed by atoms with Crippen LogP contribution >= 0.6 is 0 Å². The second kappa shape index (κ2) is 12.5. The fourth-order valence-corrected chi connectivity index (χ4v) is 5.04. The lowest BCUT2D eigenvalue weighted by molar-refractivity contribution is -0.115. The molecule has 0 unspecified atom stereocenters. The number of nitrogens with one attached hydrogen (secondary N) is 2. The van der Waals surface area contributed by atoms with E-state index >= 15 is 0 Å². The lowest BCUT2D eigenvalue weighted by Gasteiger charge is -2.34. The van der Waals surface area contributed by atoms with E-state index < -0.39 is 5.91 Å². The minimum atomic E-state index is -0.425. The molecule has 10 heteroatoms. The third kappa shape index (κ3) is 6.38. The van der Waals surface area contributed by atoms with Crippen LogP contribution in [0.15, 0.2) is 85.1 Å². The Morgan fingerprint density at radius 2 is 1.60 bits per heavy atom. The van der Waals surface area contributed by atoms with Gasteiger partial charge >= 0.3 is 6.03 Å². The van der Waals surface area contributed by atoms with E-state index in [0.29, 0.717) is 45.5 Å². The Labute approximate surface area is 244 Å². The monoisotopic (exact) mass is 567 g/mol. The fourth-order valence-electron chi connectivity index (χ4n) is 5.04. The van der Waals surface area contributed by atoms with Crippen LogP contribution in [-0.2, 0) is 4.79 Å². The van der Waals surface area contributed by atoms with Gasteiger partial charge in [0.2, 0.25) is 5.91 Å². The number of hydrogen-bond donors (Lipinski definition) is 3. The van der Waals surface area contributed by atoms with Gasteiger partial charge in [0.25, 0.3) is 0 Å². The first kappa shape index (κ1) is 28.3. The minimum Gasteiger partial charge on any atom is -0.493 e. The molecule has 0 spiro atoms. The SMILES string of the molecule is C=C(C(N)=O)C1CCN(c2ccc(NC(=O)Nc3cccc(Oc4ccnc5cc(OC)c(OC)cc45)c3)cc2)CC1. The molecule has 4 N–H and O–H groups in total. The van der Waals surface area contributed by atoms with Crippen molar-refractivity contribution < 1.29 is 23.8 Å². The number of rotatable bonds is 9. The predicted molar refractivity (Wildman–Crippen MR) is 164 cm³/mol. The maximum atomic E-state index is 12.7. The number of nitrogens with two attached hydrogens (primary N) is 1. The summed E-state index contributed by atoms with van der Waals surface area (Å²) in [5.74, 6) is 1.98. The van der Waals surface area contributed by atoms with Crippen molar-refractivity contribution in [2.24, 2.45) is 11.7 Å². The number of hydrogen-bond acceptors (Lipinski definition) is 7. The average Bonchev–Trinajstić information content (AvgIpc) is 3.00. The van der Waals surface area contributed by atoms with Crippen molar-refractivity contribution in [3.63, 3.8) is 0 Å². The highest BCUT2D eigenvalue weighted by Crippen LogP contribution is 2.37. The van der Waals surface area contributed by atoms with Gasteiger partial charge in [-0.1, -0.05) is 12.6 Å². The molecule has 0 bridgehead atoms. The van der Waals surface area contributed by atoms with E-state index in [1.54, 1.807) is 56.8 Å². The Balaban J connectivity index is 1.20. The highest BCUT2D eigenvalue weighted by atomic mass is 16.5. The number of carbonyl (C=O) groups excluding carboxylic acids is 2. The van der Waals surface area contributed by atoms with E-state index in [2.05, 4.69) is 27.1 Å². The summed E-state index contributed by atoms with van der Waals surface area (Å²) < 4.78 is 17.0. The molecule has 1 saturated heterocycles. The van der Waals surface area contributed by atoms with Gasteiger partial charge in [-0.05, 0) is 67.3 Å². The van der Waals surface area contributed by atoms with Crippen molar-refractivity contribution in [3.8, 4) is 23.0 Å².